The van der Waals surface area contributed by atoms with Crippen molar-refractivity contribution in [1.82, 2.24) is 4.90 Å². The molecule has 1 aliphatic carbocycles. The first kappa shape index (κ1) is 12.9. The van der Waals surface area contributed by atoms with E-state index in [1.54, 1.807) is 4.90 Å². The van der Waals surface area contributed by atoms with Crippen LogP contribution in [0.15, 0.2) is 5.38 Å². The fraction of sp³-hybridized carbons (Fsp3) is 0.583. The SMILES string of the molecule is Cc1csc(C(=O)N(CCO)C2CCC2)c1Cl. The molecule has 1 saturated carbocycles. The maximum absolute atomic E-state index is 12.3. The molecule has 0 saturated heterocycles. The molecule has 0 spiro atoms. The summed E-state index contributed by atoms with van der Waals surface area (Å²) in [5, 5.41) is 11.5. The van der Waals surface area contributed by atoms with Crippen molar-refractivity contribution in [2.75, 3.05) is 13.2 Å². The number of thiophene rings is 1. The van der Waals surface area contributed by atoms with Crippen molar-refractivity contribution < 1.29 is 9.90 Å². The molecule has 1 aliphatic rings. The molecule has 5 heteroatoms. The summed E-state index contributed by atoms with van der Waals surface area (Å²) in [6.07, 6.45) is 3.23. The third kappa shape index (κ3) is 2.49. The smallest absolute Gasteiger partial charge is 0.265 e. The van der Waals surface area contributed by atoms with Crippen molar-refractivity contribution >= 4 is 28.8 Å². The topological polar surface area (TPSA) is 40.5 Å². The first-order chi connectivity index (χ1) is 8.15. The number of aryl methyl sites for hydroxylation is 1. The number of hydrogen-bond donors (Lipinski definition) is 1. The number of carbonyl (C=O) groups excluding carboxylic acids is 1. The summed E-state index contributed by atoms with van der Waals surface area (Å²) in [4.78, 5) is 14.7. The van der Waals surface area contributed by atoms with Crippen molar-refractivity contribution in [1.29, 1.82) is 0 Å². The van der Waals surface area contributed by atoms with Crippen LogP contribution in [0.25, 0.3) is 0 Å². The van der Waals surface area contributed by atoms with E-state index in [4.69, 9.17) is 16.7 Å². The van der Waals surface area contributed by atoms with E-state index >= 15 is 0 Å². The van der Waals surface area contributed by atoms with Gasteiger partial charge >= 0.3 is 0 Å². The van der Waals surface area contributed by atoms with Crippen LogP contribution in [0.5, 0.6) is 0 Å². The fourth-order valence-corrected chi connectivity index (χ4v) is 3.19. The minimum atomic E-state index is -0.0353. The van der Waals surface area contributed by atoms with Gasteiger partial charge in [-0.05, 0) is 37.1 Å². The van der Waals surface area contributed by atoms with Gasteiger partial charge in [0.25, 0.3) is 5.91 Å². The van der Waals surface area contributed by atoms with Gasteiger partial charge in [-0.15, -0.1) is 11.3 Å². The summed E-state index contributed by atoms with van der Waals surface area (Å²) in [5.41, 5.74) is 0.942. The number of aliphatic hydroxyl groups is 1. The van der Waals surface area contributed by atoms with Crippen molar-refractivity contribution in [2.45, 2.75) is 32.2 Å². The minimum Gasteiger partial charge on any atom is -0.395 e. The van der Waals surface area contributed by atoms with Gasteiger partial charge in [-0.1, -0.05) is 11.6 Å². The van der Waals surface area contributed by atoms with Crippen LogP contribution in [-0.4, -0.2) is 35.1 Å². The number of halogens is 1. The van der Waals surface area contributed by atoms with Gasteiger partial charge in [0.15, 0.2) is 0 Å². The number of amides is 1. The predicted molar refractivity (Wildman–Crippen MR) is 69.8 cm³/mol. The lowest BCUT2D eigenvalue weighted by Gasteiger charge is -2.37. The molecule has 3 nitrogen and oxygen atoms in total. The molecule has 0 atom stereocenters. The van der Waals surface area contributed by atoms with Crippen molar-refractivity contribution in [3.05, 3.63) is 20.8 Å². The van der Waals surface area contributed by atoms with E-state index in [1.807, 2.05) is 12.3 Å². The normalized spacial score (nSPS) is 15.7. The largest absolute Gasteiger partial charge is 0.395 e. The Morgan fingerprint density at radius 2 is 2.35 bits per heavy atom. The van der Waals surface area contributed by atoms with Gasteiger partial charge in [0, 0.05) is 12.6 Å². The quantitative estimate of drug-likeness (QED) is 0.916. The van der Waals surface area contributed by atoms with Crippen molar-refractivity contribution in [3.63, 3.8) is 0 Å². The van der Waals surface area contributed by atoms with Crippen molar-refractivity contribution in [2.24, 2.45) is 0 Å². The van der Waals surface area contributed by atoms with Crippen LogP contribution in [0, 0.1) is 6.92 Å². The van der Waals surface area contributed by atoms with E-state index in [1.165, 1.54) is 11.3 Å². The van der Waals surface area contributed by atoms with E-state index in [0.717, 1.165) is 24.8 Å². The zero-order chi connectivity index (χ0) is 12.4. The van der Waals surface area contributed by atoms with Gasteiger partial charge in [-0.25, -0.2) is 0 Å². The molecular formula is C12H16ClNO2S. The monoisotopic (exact) mass is 273 g/mol. The summed E-state index contributed by atoms with van der Waals surface area (Å²) in [7, 11) is 0. The molecule has 1 N–H and O–H groups in total. The highest BCUT2D eigenvalue weighted by atomic mass is 35.5. The number of nitrogens with zero attached hydrogens (tertiary/aromatic N) is 1. The highest BCUT2D eigenvalue weighted by Crippen LogP contribution is 2.31. The van der Waals surface area contributed by atoms with Crippen LogP contribution in [0.2, 0.25) is 5.02 Å². The lowest BCUT2D eigenvalue weighted by Crippen LogP contribution is -2.45. The van der Waals surface area contributed by atoms with Gasteiger partial charge in [0.2, 0.25) is 0 Å². The van der Waals surface area contributed by atoms with Crippen LogP contribution in [-0.2, 0) is 0 Å². The summed E-state index contributed by atoms with van der Waals surface area (Å²) >= 11 is 7.50. The summed E-state index contributed by atoms with van der Waals surface area (Å²) < 4.78 is 0. The van der Waals surface area contributed by atoms with Crippen LogP contribution in [0.1, 0.15) is 34.5 Å². The van der Waals surface area contributed by atoms with Gasteiger partial charge in [-0.3, -0.25) is 4.79 Å². The Morgan fingerprint density at radius 3 is 2.76 bits per heavy atom. The molecule has 1 heterocycles. The fourth-order valence-electron chi connectivity index (χ4n) is 1.96. The molecule has 1 amide bonds. The number of rotatable bonds is 4. The van der Waals surface area contributed by atoms with E-state index < -0.39 is 0 Å². The zero-order valence-electron chi connectivity index (χ0n) is 9.78. The number of hydrogen-bond acceptors (Lipinski definition) is 3. The second-order valence-electron chi connectivity index (χ2n) is 4.37. The van der Waals surface area contributed by atoms with Crippen LogP contribution >= 0.6 is 22.9 Å². The van der Waals surface area contributed by atoms with Crippen LogP contribution in [0.4, 0.5) is 0 Å². The van der Waals surface area contributed by atoms with Gasteiger partial charge in [0.05, 0.1) is 11.6 Å². The molecule has 0 unspecified atom stereocenters. The molecule has 0 bridgehead atoms. The van der Waals surface area contributed by atoms with Gasteiger partial charge < -0.3 is 10.0 Å². The number of carbonyl (C=O) groups is 1. The minimum absolute atomic E-state index is 0.00418. The molecular weight excluding hydrogens is 258 g/mol. The Hall–Kier alpha value is -0.580. The zero-order valence-corrected chi connectivity index (χ0v) is 11.4. The Morgan fingerprint density at radius 1 is 1.65 bits per heavy atom. The van der Waals surface area contributed by atoms with E-state index in [0.29, 0.717) is 16.4 Å². The molecule has 1 fully saturated rings. The molecule has 0 radical (unpaired) electrons. The molecule has 1 aromatic rings. The van der Waals surface area contributed by atoms with Crippen LogP contribution in [0.3, 0.4) is 0 Å². The van der Waals surface area contributed by atoms with Gasteiger partial charge in [-0.2, -0.15) is 0 Å². The number of aliphatic hydroxyl groups excluding tert-OH is 1. The van der Waals surface area contributed by atoms with E-state index in [9.17, 15) is 4.79 Å². The molecule has 0 aromatic carbocycles. The summed E-state index contributed by atoms with van der Waals surface area (Å²) in [5.74, 6) is -0.0353. The Balaban J connectivity index is 2.18. The van der Waals surface area contributed by atoms with E-state index in [2.05, 4.69) is 0 Å². The lowest BCUT2D eigenvalue weighted by molar-refractivity contribution is 0.0531. The maximum Gasteiger partial charge on any atom is 0.265 e. The summed E-state index contributed by atoms with van der Waals surface area (Å²) in [6, 6.07) is 0.285. The Labute approximate surface area is 110 Å². The second kappa shape index (κ2) is 5.38. The molecule has 1 aromatic heterocycles. The standard InChI is InChI=1S/C12H16ClNO2S/c1-8-7-17-11(10(8)13)12(16)14(5-6-15)9-3-2-4-9/h7,9,15H,2-6H2,1H3. The average Bonchev–Trinajstić information content (AvgIpc) is 2.56. The van der Waals surface area contributed by atoms with E-state index in [-0.39, 0.29) is 18.6 Å². The predicted octanol–water partition coefficient (Wildman–Crippen LogP) is 2.70. The third-order valence-electron chi connectivity index (χ3n) is 3.21. The van der Waals surface area contributed by atoms with Gasteiger partial charge in [0.1, 0.15) is 4.88 Å². The highest BCUT2D eigenvalue weighted by molar-refractivity contribution is 7.13. The lowest BCUT2D eigenvalue weighted by atomic mass is 9.91. The van der Waals surface area contributed by atoms with Crippen molar-refractivity contribution in [3.8, 4) is 0 Å². The van der Waals surface area contributed by atoms with Crippen LogP contribution < -0.4 is 0 Å². The average molecular weight is 274 g/mol. The first-order valence-corrected chi connectivity index (χ1v) is 7.06. The molecule has 0 aliphatic heterocycles. The third-order valence-corrected chi connectivity index (χ3v) is 4.90. The molecule has 94 valence electrons. The second-order valence-corrected chi connectivity index (χ2v) is 5.63. The maximum atomic E-state index is 12.3. The Bertz CT molecular complexity index is 415. The first-order valence-electron chi connectivity index (χ1n) is 5.80. The Kier molecular flexibility index (Phi) is 4.07. The molecule has 2 rings (SSSR count). The summed E-state index contributed by atoms with van der Waals surface area (Å²) in [6.45, 7) is 2.30. The highest BCUT2D eigenvalue weighted by Gasteiger charge is 2.30. The molecule has 17 heavy (non-hydrogen) atoms.